The zero-order valence-corrected chi connectivity index (χ0v) is 15.7. The summed E-state index contributed by atoms with van der Waals surface area (Å²) in [6, 6.07) is 5.05. The third kappa shape index (κ3) is 6.09. The topological polar surface area (TPSA) is 42.6 Å². The first kappa shape index (κ1) is 20.4. The van der Waals surface area contributed by atoms with Gasteiger partial charge in [0.05, 0.1) is 17.6 Å². The molecule has 0 N–H and O–H groups in total. The number of halogens is 3. The molecule has 5 nitrogen and oxygen atoms in total. The number of aromatic nitrogens is 2. The number of alkyl halides is 3. The molecule has 1 fully saturated rings. The molecule has 3 rings (SSSR count). The summed E-state index contributed by atoms with van der Waals surface area (Å²) < 4.78 is 40.3. The fourth-order valence-electron chi connectivity index (χ4n) is 3.22. The molecule has 1 aliphatic heterocycles. The van der Waals surface area contributed by atoms with Crippen molar-refractivity contribution in [1.82, 2.24) is 14.5 Å². The molecule has 28 heavy (non-hydrogen) atoms. The molecule has 1 saturated heterocycles. The predicted molar refractivity (Wildman–Crippen MR) is 101 cm³/mol. The number of oxime groups is 1. The van der Waals surface area contributed by atoms with Gasteiger partial charge in [0.25, 0.3) is 0 Å². The first-order valence-corrected chi connectivity index (χ1v) is 9.57. The van der Waals surface area contributed by atoms with Crippen molar-refractivity contribution in [3.8, 4) is 0 Å². The molecule has 1 aromatic heterocycles. The summed E-state index contributed by atoms with van der Waals surface area (Å²) in [7, 11) is 0. The molecule has 2 heterocycles. The maximum atomic E-state index is 12.8. The zero-order chi connectivity index (χ0) is 19.8. The molecule has 0 radical (unpaired) electrons. The van der Waals surface area contributed by atoms with Crippen molar-refractivity contribution in [3.05, 3.63) is 54.1 Å². The summed E-state index contributed by atoms with van der Waals surface area (Å²) in [6.45, 7) is 4.06. The largest absolute Gasteiger partial charge is 0.416 e. The van der Waals surface area contributed by atoms with Gasteiger partial charge in [-0.1, -0.05) is 23.7 Å². The monoisotopic (exact) mass is 394 g/mol. The second-order valence-electron chi connectivity index (χ2n) is 6.90. The predicted octanol–water partition coefficient (Wildman–Crippen LogP) is 4.20. The Balaban J connectivity index is 1.63. The fraction of sp³-hybridized carbons (Fsp3) is 0.500. The molecular formula is C20H25F3N4O. The fourth-order valence-corrected chi connectivity index (χ4v) is 3.22. The van der Waals surface area contributed by atoms with Gasteiger partial charge in [0.2, 0.25) is 0 Å². The molecule has 0 unspecified atom stereocenters. The van der Waals surface area contributed by atoms with Crippen LogP contribution in [0, 0.1) is 0 Å². The van der Waals surface area contributed by atoms with Gasteiger partial charge in [-0.2, -0.15) is 13.2 Å². The van der Waals surface area contributed by atoms with Gasteiger partial charge in [-0.25, -0.2) is 4.98 Å². The highest BCUT2D eigenvalue weighted by Crippen LogP contribution is 2.29. The molecule has 0 aliphatic carbocycles. The Bertz CT molecular complexity index is 736. The van der Waals surface area contributed by atoms with E-state index in [0.717, 1.165) is 31.8 Å². The SMILES string of the molecule is FC(F)(F)c1ccc(C(CCn2ccnc2)=NOCCN2CCCCC2)cc1. The highest BCUT2D eigenvalue weighted by Gasteiger charge is 2.30. The van der Waals surface area contributed by atoms with Crippen molar-refractivity contribution in [1.29, 1.82) is 0 Å². The highest BCUT2D eigenvalue weighted by atomic mass is 19.4. The van der Waals surface area contributed by atoms with Crippen LogP contribution in [0.2, 0.25) is 0 Å². The van der Waals surface area contributed by atoms with E-state index in [1.54, 1.807) is 12.5 Å². The molecule has 0 saturated carbocycles. The van der Waals surface area contributed by atoms with Crippen molar-refractivity contribution < 1.29 is 18.0 Å². The van der Waals surface area contributed by atoms with Crippen molar-refractivity contribution in [3.63, 3.8) is 0 Å². The number of aryl methyl sites for hydroxylation is 1. The van der Waals surface area contributed by atoms with Gasteiger partial charge < -0.3 is 9.40 Å². The average molecular weight is 394 g/mol. The van der Waals surface area contributed by atoms with Crippen LogP contribution >= 0.6 is 0 Å². The number of benzene rings is 1. The number of hydrogen-bond acceptors (Lipinski definition) is 4. The van der Waals surface area contributed by atoms with E-state index in [9.17, 15) is 13.2 Å². The molecule has 0 atom stereocenters. The van der Waals surface area contributed by atoms with Crippen LogP contribution in [-0.4, -0.2) is 46.4 Å². The minimum atomic E-state index is -4.35. The third-order valence-electron chi connectivity index (χ3n) is 4.83. The maximum Gasteiger partial charge on any atom is 0.416 e. The number of nitrogens with zero attached hydrogens (tertiary/aromatic N) is 4. The Morgan fingerprint density at radius 1 is 1.07 bits per heavy atom. The lowest BCUT2D eigenvalue weighted by molar-refractivity contribution is -0.137. The Kier molecular flexibility index (Phi) is 7.08. The number of likely N-dealkylation sites (tertiary alicyclic amines) is 1. The van der Waals surface area contributed by atoms with Crippen molar-refractivity contribution in [2.24, 2.45) is 5.16 Å². The second kappa shape index (κ2) is 9.73. The molecule has 8 heteroatoms. The van der Waals surface area contributed by atoms with E-state index in [1.165, 1.54) is 31.4 Å². The Labute approximate surface area is 162 Å². The van der Waals surface area contributed by atoms with Crippen LogP contribution in [-0.2, 0) is 17.6 Å². The van der Waals surface area contributed by atoms with E-state index in [1.807, 2.05) is 10.8 Å². The van der Waals surface area contributed by atoms with Gasteiger partial charge in [0, 0.05) is 31.9 Å². The van der Waals surface area contributed by atoms with Crippen LogP contribution in [0.1, 0.15) is 36.8 Å². The highest BCUT2D eigenvalue weighted by molar-refractivity contribution is 6.00. The molecule has 1 aromatic carbocycles. The lowest BCUT2D eigenvalue weighted by atomic mass is 10.1. The van der Waals surface area contributed by atoms with E-state index in [4.69, 9.17) is 4.84 Å². The molecular weight excluding hydrogens is 369 g/mol. The van der Waals surface area contributed by atoms with Crippen LogP contribution in [0.5, 0.6) is 0 Å². The Hall–Kier alpha value is -2.35. The standard InChI is InChI=1S/C20H25F3N4O/c21-20(22,23)18-6-4-17(5-7-18)19(8-12-27-13-9-24-16-27)25-28-15-14-26-10-2-1-3-11-26/h4-7,9,13,16H,1-3,8,10-12,14-15H2. The van der Waals surface area contributed by atoms with Gasteiger partial charge in [0.1, 0.15) is 6.61 Å². The minimum Gasteiger partial charge on any atom is -0.394 e. The maximum absolute atomic E-state index is 12.8. The molecule has 0 amide bonds. The molecule has 2 aromatic rings. The van der Waals surface area contributed by atoms with Crippen molar-refractivity contribution >= 4 is 5.71 Å². The summed E-state index contributed by atoms with van der Waals surface area (Å²) >= 11 is 0. The Morgan fingerprint density at radius 3 is 2.46 bits per heavy atom. The van der Waals surface area contributed by atoms with E-state index < -0.39 is 11.7 Å². The Morgan fingerprint density at radius 2 is 1.82 bits per heavy atom. The number of rotatable bonds is 8. The van der Waals surface area contributed by atoms with E-state index in [2.05, 4.69) is 15.0 Å². The number of hydrogen-bond donors (Lipinski definition) is 0. The molecule has 0 bridgehead atoms. The lowest BCUT2D eigenvalue weighted by Gasteiger charge is -2.25. The van der Waals surface area contributed by atoms with Crippen LogP contribution in [0.15, 0.2) is 48.1 Å². The first-order valence-electron chi connectivity index (χ1n) is 9.57. The molecule has 152 valence electrons. The van der Waals surface area contributed by atoms with Gasteiger partial charge in [-0.05, 0) is 43.6 Å². The second-order valence-corrected chi connectivity index (χ2v) is 6.90. The number of piperidine rings is 1. The molecule has 0 spiro atoms. The van der Waals surface area contributed by atoms with Crippen LogP contribution in [0.25, 0.3) is 0 Å². The van der Waals surface area contributed by atoms with Gasteiger partial charge in [-0.3, -0.25) is 4.90 Å². The van der Waals surface area contributed by atoms with Crippen LogP contribution in [0.3, 0.4) is 0 Å². The van der Waals surface area contributed by atoms with Crippen molar-refractivity contribution in [2.75, 3.05) is 26.2 Å². The summed E-state index contributed by atoms with van der Waals surface area (Å²) in [4.78, 5) is 11.9. The van der Waals surface area contributed by atoms with Crippen LogP contribution in [0.4, 0.5) is 13.2 Å². The van der Waals surface area contributed by atoms with Crippen LogP contribution < -0.4 is 0 Å². The van der Waals surface area contributed by atoms with E-state index in [0.29, 0.717) is 30.8 Å². The quantitative estimate of drug-likeness (QED) is 0.383. The minimum absolute atomic E-state index is 0.467. The third-order valence-corrected chi connectivity index (χ3v) is 4.83. The van der Waals surface area contributed by atoms with E-state index in [-0.39, 0.29) is 0 Å². The average Bonchev–Trinajstić information content (AvgIpc) is 3.21. The summed E-state index contributed by atoms with van der Waals surface area (Å²) in [6.07, 6.45) is 5.11. The summed E-state index contributed by atoms with van der Waals surface area (Å²) in [5.41, 5.74) is 0.586. The zero-order valence-electron chi connectivity index (χ0n) is 15.7. The smallest absolute Gasteiger partial charge is 0.394 e. The number of imidazole rings is 1. The summed E-state index contributed by atoms with van der Waals surface area (Å²) in [5.74, 6) is 0. The van der Waals surface area contributed by atoms with Gasteiger partial charge in [0.15, 0.2) is 0 Å². The lowest BCUT2D eigenvalue weighted by Crippen LogP contribution is -2.32. The van der Waals surface area contributed by atoms with E-state index >= 15 is 0 Å². The van der Waals surface area contributed by atoms with Gasteiger partial charge >= 0.3 is 6.18 Å². The normalized spacial score (nSPS) is 16.3. The van der Waals surface area contributed by atoms with Crippen molar-refractivity contribution in [2.45, 2.75) is 38.4 Å². The first-order chi connectivity index (χ1) is 13.5. The molecule has 1 aliphatic rings. The summed E-state index contributed by atoms with van der Waals surface area (Å²) in [5, 5.41) is 4.24. The van der Waals surface area contributed by atoms with Gasteiger partial charge in [-0.15, -0.1) is 0 Å².